The third-order valence-corrected chi connectivity index (χ3v) is 5.95. The molecule has 0 aliphatic carbocycles. The van der Waals surface area contributed by atoms with E-state index in [1.54, 1.807) is 7.11 Å². The van der Waals surface area contributed by atoms with E-state index in [-0.39, 0.29) is 34.6 Å². The number of amides is 1. The average Bonchev–Trinajstić information content (AvgIpc) is 2.80. The topological polar surface area (TPSA) is 106 Å². The normalized spacial score (nSPS) is 18.7. The van der Waals surface area contributed by atoms with Crippen molar-refractivity contribution >= 4 is 23.2 Å². The number of methoxy groups -OCH3 is 2. The van der Waals surface area contributed by atoms with Crippen LogP contribution in [0.25, 0.3) is 0 Å². The van der Waals surface area contributed by atoms with E-state index < -0.39 is 5.82 Å². The summed E-state index contributed by atoms with van der Waals surface area (Å²) in [5, 5.41) is 13.0. The Labute approximate surface area is 197 Å². The number of phenols is 1. The highest BCUT2D eigenvalue weighted by Crippen LogP contribution is 2.29. The Morgan fingerprint density at radius 2 is 2.09 bits per heavy atom. The fourth-order valence-corrected chi connectivity index (χ4v) is 4.00. The molecule has 2 aromatic carbocycles. The summed E-state index contributed by atoms with van der Waals surface area (Å²) in [6.45, 7) is 2.55. The zero-order valence-corrected chi connectivity index (χ0v) is 19.4. The number of nitrogens with zero attached hydrogens (tertiary/aromatic N) is 1. The van der Waals surface area contributed by atoms with Gasteiger partial charge in [-0.25, -0.2) is 4.39 Å². The number of nitrogens with two attached hydrogens (primary N) is 1. The molecule has 0 bridgehead atoms. The molecule has 0 radical (unpaired) electrons. The van der Waals surface area contributed by atoms with Gasteiger partial charge in [-0.3, -0.25) is 4.79 Å². The minimum Gasteiger partial charge on any atom is -0.504 e. The quantitative estimate of drug-likeness (QED) is 0.373. The van der Waals surface area contributed by atoms with E-state index in [0.29, 0.717) is 43.0 Å². The monoisotopic (exact) mass is 481 g/mol. The highest BCUT2D eigenvalue weighted by atomic mass is 35.5. The lowest BCUT2D eigenvalue weighted by Crippen LogP contribution is -2.55. The largest absolute Gasteiger partial charge is 0.504 e. The number of halogens is 2. The Bertz CT molecular complexity index is 977. The molecule has 1 saturated heterocycles. The number of piperidine rings is 1. The van der Waals surface area contributed by atoms with Crippen LogP contribution >= 0.6 is 11.6 Å². The van der Waals surface area contributed by atoms with Crippen LogP contribution < -0.4 is 20.5 Å². The van der Waals surface area contributed by atoms with Gasteiger partial charge in [-0.05, 0) is 31.0 Å². The summed E-state index contributed by atoms with van der Waals surface area (Å²) in [4.78, 5) is 15.1. The number of likely N-dealkylation sites (tertiary alicyclic amines) is 1. The van der Waals surface area contributed by atoms with Crippen molar-refractivity contribution in [3.8, 4) is 17.2 Å². The molecule has 2 atom stereocenters. The summed E-state index contributed by atoms with van der Waals surface area (Å²) in [5.41, 5.74) is 6.45. The predicted octanol–water partition coefficient (Wildman–Crippen LogP) is 3.06. The van der Waals surface area contributed by atoms with Crippen LogP contribution in [0.4, 0.5) is 10.1 Å². The smallest absolute Gasteiger partial charge is 0.255 e. The fraction of sp³-hybridized carbons (Fsp3) is 0.435. The van der Waals surface area contributed by atoms with Gasteiger partial charge in [0, 0.05) is 38.9 Å². The highest BCUT2D eigenvalue weighted by molar-refractivity contribution is 6.33. The van der Waals surface area contributed by atoms with Gasteiger partial charge < -0.3 is 35.3 Å². The average molecular weight is 482 g/mol. The minimum absolute atomic E-state index is 0.174. The molecular formula is C23H29ClFN3O5. The van der Waals surface area contributed by atoms with Gasteiger partial charge in [0.05, 0.1) is 42.1 Å². The van der Waals surface area contributed by atoms with Crippen molar-refractivity contribution in [3.05, 3.63) is 46.7 Å². The zero-order valence-electron chi connectivity index (χ0n) is 18.6. The first-order chi connectivity index (χ1) is 15.8. The van der Waals surface area contributed by atoms with Gasteiger partial charge in [-0.15, -0.1) is 0 Å². The lowest BCUT2D eigenvalue weighted by Gasteiger charge is -2.38. The summed E-state index contributed by atoms with van der Waals surface area (Å²) < 4.78 is 29.5. The molecule has 0 aromatic heterocycles. The van der Waals surface area contributed by atoms with Crippen LogP contribution in [0.5, 0.6) is 17.2 Å². The van der Waals surface area contributed by atoms with E-state index in [1.807, 2.05) is 0 Å². The summed E-state index contributed by atoms with van der Waals surface area (Å²) in [6, 6.07) is 6.52. The molecule has 0 saturated carbocycles. The number of rotatable bonds is 9. The lowest BCUT2D eigenvalue weighted by molar-refractivity contribution is 0.00525. The third-order valence-electron chi connectivity index (χ3n) is 5.62. The number of anilines is 1. The van der Waals surface area contributed by atoms with Crippen LogP contribution in [0.1, 0.15) is 23.2 Å². The van der Waals surface area contributed by atoms with Crippen LogP contribution in [0.2, 0.25) is 5.02 Å². The molecule has 2 aromatic rings. The van der Waals surface area contributed by atoms with Crippen molar-refractivity contribution in [1.82, 2.24) is 10.2 Å². The first kappa shape index (κ1) is 24.9. The van der Waals surface area contributed by atoms with Crippen LogP contribution in [0.3, 0.4) is 0 Å². The van der Waals surface area contributed by atoms with Crippen molar-refractivity contribution in [2.24, 2.45) is 0 Å². The van der Waals surface area contributed by atoms with Crippen molar-refractivity contribution in [2.45, 2.75) is 25.0 Å². The van der Waals surface area contributed by atoms with E-state index >= 15 is 0 Å². The van der Waals surface area contributed by atoms with Crippen LogP contribution in [-0.4, -0.2) is 68.5 Å². The van der Waals surface area contributed by atoms with E-state index in [1.165, 1.54) is 31.4 Å². The van der Waals surface area contributed by atoms with Gasteiger partial charge in [-0.2, -0.15) is 0 Å². The number of phenolic OH excluding ortho intramolecular Hbond substituents is 1. The summed E-state index contributed by atoms with van der Waals surface area (Å²) in [7, 11) is 3.09. The predicted molar refractivity (Wildman–Crippen MR) is 124 cm³/mol. The molecule has 1 fully saturated rings. The Balaban J connectivity index is 1.50. The molecule has 10 heteroatoms. The SMILES string of the molecule is COc1cc(N)c(Cl)cc1C(=O)N[C@@H]1CCN(CCCOc2ccc(F)cc2O)C[C@@H]1OC. The molecule has 3 rings (SSSR count). The first-order valence-corrected chi connectivity index (χ1v) is 11.0. The molecular weight excluding hydrogens is 453 g/mol. The fourth-order valence-electron chi connectivity index (χ4n) is 3.83. The second kappa shape index (κ2) is 11.4. The Kier molecular flexibility index (Phi) is 8.60. The summed E-state index contributed by atoms with van der Waals surface area (Å²) in [6.07, 6.45) is 1.22. The Morgan fingerprint density at radius 1 is 1.30 bits per heavy atom. The van der Waals surface area contributed by atoms with E-state index in [2.05, 4.69) is 10.2 Å². The Morgan fingerprint density at radius 3 is 2.79 bits per heavy atom. The molecule has 1 aliphatic rings. The summed E-state index contributed by atoms with van der Waals surface area (Å²) in [5.74, 6) is -0.427. The first-order valence-electron chi connectivity index (χ1n) is 10.6. The maximum Gasteiger partial charge on any atom is 0.255 e. The van der Waals surface area contributed by atoms with Gasteiger partial charge in [0.2, 0.25) is 0 Å². The molecule has 0 spiro atoms. The van der Waals surface area contributed by atoms with Crippen molar-refractivity contribution in [3.63, 3.8) is 0 Å². The molecule has 8 nitrogen and oxygen atoms in total. The number of carbonyl (C=O) groups is 1. The van der Waals surface area contributed by atoms with Crippen LogP contribution in [0.15, 0.2) is 30.3 Å². The standard InChI is InChI=1S/C23H29ClFN3O5/c1-31-21-12-17(26)16(24)11-15(21)23(30)27-18-6-8-28(13-22(18)32-2)7-3-9-33-20-5-4-14(25)10-19(20)29/h4-5,10-12,18,22,29H,3,6-9,13,26H2,1-2H3,(H,27,30)/t18-,22+/m1/s1. The van der Waals surface area contributed by atoms with E-state index in [0.717, 1.165) is 19.2 Å². The van der Waals surface area contributed by atoms with Crippen LogP contribution in [0, 0.1) is 5.82 Å². The van der Waals surface area contributed by atoms with Gasteiger partial charge in [0.15, 0.2) is 11.5 Å². The number of hydrogen-bond acceptors (Lipinski definition) is 7. The number of carbonyl (C=O) groups excluding carboxylic acids is 1. The molecule has 0 unspecified atom stereocenters. The maximum atomic E-state index is 13.1. The van der Waals surface area contributed by atoms with Gasteiger partial charge in [0.25, 0.3) is 5.91 Å². The number of nitrogens with one attached hydrogen (secondary N) is 1. The van der Waals surface area contributed by atoms with Crippen molar-refractivity contribution in [1.29, 1.82) is 0 Å². The van der Waals surface area contributed by atoms with Gasteiger partial charge in [0.1, 0.15) is 11.6 Å². The zero-order chi connectivity index (χ0) is 24.0. The van der Waals surface area contributed by atoms with E-state index in [9.17, 15) is 14.3 Å². The molecule has 1 heterocycles. The highest BCUT2D eigenvalue weighted by Gasteiger charge is 2.31. The molecule has 180 valence electrons. The minimum atomic E-state index is -0.515. The lowest BCUT2D eigenvalue weighted by atomic mass is 10.0. The molecule has 4 N–H and O–H groups in total. The number of aromatic hydroxyl groups is 1. The molecule has 33 heavy (non-hydrogen) atoms. The maximum absolute atomic E-state index is 13.1. The summed E-state index contributed by atoms with van der Waals surface area (Å²) >= 11 is 6.09. The van der Waals surface area contributed by atoms with Crippen molar-refractivity contribution in [2.75, 3.05) is 46.2 Å². The van der Waals surface area contributed by atoms with Gasteiger partial charge >= 0.3 is 0 Å². The molecule has 1 amide bonds. The van der Waals surface area contributed by atoms with Gasteiger partial charge in [-0.1, -0.05) is 11.6 Å². The number of nitrogen functional groups attached to an aromatic ring is 1. The number of benzene rings is 2. The third kappa shape index (κ3) is 6.40. The number of ether oxygens (including phenoxy) is 3. The second-order valence-electron chi connectivity index (χ2n) is 7.83. The van der Waals surface area contributed by atoms with E-state index in [4.69, 9.17) is 31.5 Å². The molecule has 1 aliphatic heterocycles. The number of hydrogen-bond donors (Lipinski definition) is 3. The van der Waals surface area contributed by atoms with Crippen LogP contribution in [-0.2, 0) is 4.74 Å². The Hall–Kier alpha value is -2.75. The second-order valence-corrected chi connectivity index (χ2v) is 8.24. The van der Waals surface area contributed by atoms with Crippen molar-refractivity contribution < 1.29 is 28.5 Å².